The van der Waals surface area contributed by atoms with Gasteiger partial charge >= 0.3 is 5.51 Å². The first-order valence-corrected chi connectivity index (χ1v) is 38.2. The van der Waals surface area contributed by atoms with Crippen LogP contribution in [0.2, 0.25) is 0 Å². The molecule has 6 amide bonds. The quantitative estimate of drug-likeness (QED) is 0.00621. The third kappa shape index (κ3) is 18.9. The number of hydrogen-bond donors (Lipinski definition) is 5. The Bertz CT molecular complexity index is 4090. The lowest BCUT2D eigenvalue weighted by molar-refractivity contribution is -0.136. The lowest BCUT2D eigenvalue weighted by Gasteiger charge is -2.39. The average molecular weight is 1480 g/mol. The van der Waals surface area contributed by atoms with E-state index in [0.717, 1.165) is 46.9 Å². The van der Waals surface area contributed by atoms with E-state index < -0.39 is 94.3 Å². The first-order chi connectivity index (χ1) is 48.7. The molecule has 4 atom stereocenters. The fourth-order valence-electron chi connectivity index (χ4n) is 13.7. The summed E-state index contributed by atoms with van der Waals surface area (Å²) in [6, 6.07) is 20.5. The van der Waals surface area contributed by atoms with Gasteiger partial charge in [0.1, 0.15) is 16.6 Å². The molecule has 4 heterocycles. The molecule has 2 aliphatic carbocycles. The molecule has 1 saturated carbocycles. The normalized spacial score (nSPS) is 19.9. The van der Waals surface area contributed by atoms with Gasteiger partial charge in [0.25, 0.3) is 37.6 Å². The minimum atomic E-state index is -6.22. The number of rotatable bonds is 37. The van der Waals surface area contributed by atoms with Crippen molar-refractivity contribution in [2.45, 2.75) is 137 Å². The highest BCUT2D eigenvalue weighted by molar-refractivity contribution is 7.99. The Morgan fingerprint density at radius 3 is 2.32 bits per heavy atom. The summed E-state index contributed by atoms with van der Waals surface area (Å²) in [5.41, 5.74) is -2.82. The monoisotopic (exact) mass is 1480 g/mol. The predicted molar refractivity (Wildman–Crippen MR) is 372 cm³/mol. The molecule has 4 unspecified atom stereocenters. The molecule has 102 heavy (non-hydrogen) atoms. The van der Waals surface area contributed by atoms with Crippen LogP contribution < -0.4 is 30.9 Å². The van der Waals surface area contributed by atoms with E-state index in [1.807, 2.05) is 46.9 Å². The maximum Gasteiger partial charge on any atom is 0.501 e. The predicted octanol–water partition coefficient (Wildman–Crippen LogP) is 8.54. The highest BCUT2D eigenvalue weighted by atomic mass is 32.2. The van der Waals surface area contributed by atoms with Crippen LogP contribution in [0.5, 0.6) is 0 Å². The van der Waals surface area contributed by atoms with E-state index in [4.69, 9.17) is 9.47 Å². The number of allylic oxidation sites excluding steroid dienone is 1. The van der Waals surface area contributed by atoms with Gasteiger partial charge in [-0.15, -0.1) is 16.9 Å². The molecular formula is C70H87F5N12O12S3. The molecule has 5 aliphatic rings. The van der Waals surface area contributed by atoms with E-state index in [9.17, 15) is 67.6 Å². The Kier molecular flexibility index (Phi) is 25.4. The molecule has 0 radical (unpaired) electrons. The zero-order valence-electron chi connectivity index (χ0n) is 57.2. The van der Waals surface area contributed by atoms with Crippen molar-refractivity contribution in [2.24, 2.45) is 16.7 Å². The lowest BCUT2D eigenvalue weighted by atomic mass is 9.72. The first kappa shape index (κ1) is 76.8. The Morgan fingerprint density at radius 1 is 0.863 bits per heavy atom. The van der Waals surface area contributed by atoms with Crippen LogP contribution in [0.15, 0.2) is 123 Å². The van der Waals surface area contributed by atoms with Crippen molar-refractivity contribution in [1.82, 2.24) is 45.0 Å². The van der Waals surface area contributed by atoms with E-state index >= 15 is 0 Å². The fourth-order valence-corrected chi connectivity index (χ4v) is 16.7. The number of piperazine rings is 1. The second-order valence-electron chi connectivity index (χ2n) is 27.1. The minimum Gasteiger partial charge on any atom is -0.382 e. The Labute approximate surface area is 594 Å². The number of nitrogens with zero attached hydrogens (tertiary/aromatic N) is 7. The number of sulfonamides is 1. The second-order valence-corrected chi connectivity index (χ2v) is 31.8. The first-order valence-electron chi connectivity index (χ1n) is 34.3. The number of imide groups is 2. The van der Waals surface area contributed by atoms with Crippen molar-refractivity contribution >= 4 is 84.6 Å². The van der Waals surface area contributed by atoms with Crippen molar-refractivity contribution in [3.05, 3.63) is 131 Å². The van der Waals surface area contributed by atoms with Crippen molar-refractivity contribution in [2.75, 3.05) is 107 Å². The van der Waals surface area contributed by atoms with Crippen LogP contribution in [0.3, 0.4) is 0 Å². The van der Waals surface area contributed by atoms with Crippen molar-refractivity contribution in [1.29, 1.82) is 0 Å². The van der Waals surface area contributed by atoms with Gasteiger partial charge in [-0.05, 0) is 142 Å². The van der Waals surface area contributed by atoms with Crippen LogP contribution in [-0.2, 0) is 56.9 Å². The summed E-state index contributed by atoms with van der Waals surface area (Å²) in [6.07, 6.45) is 5.18. The van der Waals surface area contributed by atoms with Crippen LogP contribution in [0, 0.1) is 16.7 Å². The number of anilines is 3. The molecule has 3 fully saturated rings. The molecule has 4 aromatic carbocycles. The summed E-state index contributed by atoms with van der Waals surface area (Å²) in [6.45, 7) is 12.7. The third-order valence-corrected chi connectivity index (χ3v) is 23.6. The molecule has 1 aromatic heterocycles. The van der Waals surface area contributed by atoms with Crippen LogP contribution in [-0.4, -0.2) is 198 Å². The van der Waals surface area contributed by atoms with Gasteiger partial charge in [-0.1, -0.05) is 61.4 Å². The van der Waals surface area contributed by atoms with Crippen molar-refractivity contribution in [3.8, 4) is 0 Å². The molecule has 24 nitrogen and oxygen atoms in total. The van der Waals surface area contributed by atoms with Crippen LogP contribution >= 0.6 is 11.8 Å². The lowest BCUT2D eigenvalue weighted by Crippen LogP contribution is -2.54. The van der Waals surface area contributed by atoms with Crippen LogP contribution in [0.1, 0.15) is 122 Å². The maximum absolute atomic E-state index is 14.6. The van der Waals surface area contributed by atoms with Gasteiger partial charge in [-0.3, -0.25) is 48.6 Å². The standard InChI is InChI=1S/C70H87F5N12O12S3/c1-4-69(67(71)72)41-56(69)55-40-68(2,3)25-23-48(55)42-84-32-34-85(35-33-84)51-17-15-47(16-18-51)63(90)81-102(96,97)53-19-20-57(60(39-53)101(94,95)70(73,74)75)78-49(45-100-52-11-6-5-7-12-52)24-30-83(31-26-76-46-88)28-8-9-29-86-43-50(80-82-86)44-99-38-37-98-36-27-77-58-14-10-13-54-62(58)66(93)87(65(54)92)59-21-22-61(89)79-64(59)91/h5-7,10-20,39,43,46,49,56,59,67,77-78H,4,8-9,21-38,40-42,44-45H2,1-3H3,(H,76,88)(H,81,90)(H,79,89,91). The molecule has 5 N–H and O–H groups in total. The smallest absolute Gasteiger partial charge is 0.382 e. The number of nitrogens with one attached hydrogen (secondary N) is 5. The number of thioether (sulfide) groups is 1. The summed E-state index contributed by atoms with van der Waals surface area (Å²) in [7, 11) is -11.2. The van der Waals surface area contributed by atoms with Gasteiger partial charge in [0.15, 0.2) is 0 Å². The zero-order chi connectivity index (χ0) is 73.0. The summed E-state index contributed by atoms with van der Waals surface area (Å²) in [4.78, 5) is 81.6. The number of aromatic nitrogens is 3. The molecule has 3 aliphatic heterocycles. The Morgan fingerprint density at radius 2 is 1.62 bits per heavy atom. The molecule has 10 rings (SSSR count). The number of carbonyl (C=O) groups is 6. The Balaban J connectivity index is 0.701. The number of unbranched alkanes of at least 4 members (excludes halogenated alkanes) is 1. The molecule has 0 spiro atoms. The number of amides is 6. The number of fused-ring (bicyclic) bond motifs is 1. The molecule has 0 bridgehead atoms. The molecule has 2 saturated heterocycles. The molecular weight excluding hydrogens is 1390 g/mol. The summed E-state index contributed by atoms with van der Waals surface area (Å²) < 4.78 is 142. The molecule has 552 valence electrons. The van der Waals surface area contributed by atoms with Crippen LogP contribution in [0.4, 0.5) is 39.0 Å². The van der Waals surface area contributed by atoms with Crippen LogP contribution in [0.25, 0.3) is 0 Å². The zero-order valence-corrected chi connectivity index (χ0v) is 59.6. The number of piperidine rings is 1. The van der Waals surface area contributed by atoms with Gasteiger partial charge in [0.2, 0.25) is 24.6 Å². The average Bonchev–Trinajstić information content (AvgIpc) is 1.56. The number of sulfone groups is 1. The summed E-state index contributed by atoms with van der Waals surface area (Å²) >= 11 is 1.36. The van der Waals surface area contributed by atoms with E-state index in [-0.39, 0.29) is 92.6 Å². The highest BCUT2D eigenvalue weighted by Crippen LogP contribution is 2.65. The largest absolute Gasteiger partial charge is 0.501 e. The topological polar surface area (TPSA) is 293 Å². The number of aryl methyl sites for hydroxylation is 1. The van der Waals surface area contributed by atoms with Gasteiger partial charge in [-0.25, -0.2) is 30.3 Å². The number of halogens is 5. The van der Waals surface area contributed by atoms with E-state index in [0.29, 0.717) is 108 Å². The second kappa shape index (κ2) is 33.7. The molecule has 5 aromatic rings. The number of hydrogen-bond acceptors (Lipinski definition) is 20. The summed E-state index contributed by atoms with van der Waals surface area (Å²) in [5, 5.41) is 19.4. The van der Waals surface area contributed by atoms with Gasteiger partial charge < -0.3 is 35.2 Å². The highest BCUT2D eigenvalue weighted by Gasteiger charge is 2.61. The summed E-state index contributed by atoms with van der Waals surface area (Å²) in [5.74, 6) is -3.36. The number of carbonyl (C=O) groups excluding carboxylic acids is 6. The van der Waals surface area contributed by atoms with E-state index in [1.54, 1.807) is 35.1 Å². The SMILES string of the molecule is CCC1(C(F)F)CC1C1=C(CN2CCN(c3ccc(C(=O)NS(=O)(=O)c4ccc(NC(CCN(CCCCn5cc(COCCOCCNc6cccc7c6C(=O)N(C6CCC(=O)NC6=O)C7=O)nn5)CCNC=O)CSc5ccccc5)c(S(=O)(=O)C(F)(F)F)c4)cc3)CC2)CCC(C)(C)C1. The van der Waals surface area contributed by atoms with E-state index in [2.05, 4.69) is 55.2 Å². The third-order valence-electron chi connectivity index (χ3n) is 19.6. The van der Waals surface area contributed by atoms with Gasteiger partial charge in [0.05, 0.1) is 54.3 Å². The maximum atomic E-state index is 14.6. The van der Waals surface area contributed by atoms with E-state index in [1.165, 1.54) is 41.1 Å². The van der Waals surface area contributed by atoms with Gasteiger partial charge in [-0.2, -0.15) is 13.2 Å². The number of alkyl halides is 5. The molecule has 32 heteroatoms. The Hall–Kier alpha value is -7.88. The van der Waals surface area contributed by atoms with Gasteiger partial charge in [0, 0.05) is 111 Å². The fraction of sp³-hybridized carbons (Fsp3) is 0.514. The number of benzene rings is 4. The van der Waals surface area contributed by atoms with Crippen molar-refractivity contribution in [3.63, 3.8) is 0 Å². The minimum absolute atomic E-state index is 0.00980. The van der Waals surface area contributed by atoms with Crippen molar-refractivity contribution < 1.29 is 77.0 Å². The number of ether oxygens (including phenoxy) is 2.